The lowest BCUT2D eigenvalue weighted by Crippen LogP contribution is -2.31. The van der Waals surface area contributed by atoms with Gasteiger partial charge in [0.1, 0.15) is 11.9 Å². The number of aryl methyl sites for hydroxylation is 3. The highest BCUT2D eigenvalue weighted by Crippen LogP contribution is 2.18. The van der Waals surface area contributed by atoms with E-state index in [1.165, 1.54) is 42.4 Å². The van der Waals surface area contributed by atoms with Crippen molar-refractivity contribution in [3.63, 3.8) is 0 Å². The minimum Gasteiger partial charge on any atom is -0.497 e. The van der Waals surface area contributed by atoms with E-state index in [0.29, 0.717) is 6.42 Å². The molecule has 34 heavy (non-hydrogen) atoms. The van der Waals surface area contributed by atoms with Crippen molar-refractivity contribution in [3.05, 3.63) is 65.2 Å². The Bertz CT molecular complexity index is 816. The Morgan fingerprint density at radius 3 is 2.15 bits per heavy atom. The van der Waals surface area contributed by atoms with Gasteiger partial charge in [0.25, 0.3) is 0 Å². The van der Waals surface area contributed by atoms with Gasteiger partial charge in [-0.1, -0.05) is 75.4 Å². The first-order valence-corrected chi connectivity index (χ1v) is 13.1. The Balaban J connectivity index is 1.86. The van der Waals surface area contributed by atoms with Gasteiger partial charge < -0.3 is 14.4 Å². The van der Waals surface area contributed by atoms with Crippen molar-refractivity contribution in [2.24, 2.45) is 0 Å². The molecular weight excluding hydrogens is 422 g/mol. The molecule has 0 fully saturated rings. The normalized spacial score (nSPS) is 12.0. The highest BCUT2D eigenvalue weighted by Gasteiger charge is 2.16. The Morgan fingerprint density at radius 2 is 1.50 bits per heavy atom. The van der Waals surface area contributed by atoms with Gasteiger partial charge in [0.05, 0.1) is 7.11 Å². The van der Waals surface area contributed by atoms with Gasteiger partial charge in [0.2, 0.25) is 0 Å². The Morgan fingerprint density at radius 1 is 0.853 bits per heavy atom. The van der Waals surface area contributed by atoms with Crippen molar-refractivity contribution in [3.8, 4) is 5.75 Å². The molecule has 188 valence electrons. The first kappa shape index (κ1) is 27.9. The van der Waals surface area contributed by atoms with Crippen LogP contribution in [-0.2, 0) is 28.8 Å². The predicted octanol–water partition coefficient (Wildman–Crippen LogP) is 6.64. The molecule has 0 unspecified atom stereocenters. The number of hydrogen-bond acceptors (Lipinski definition) is 4. The third-order valence-electron chi connectivity index (χ3n) is 6.30. The fourth-order valence-corrected chi connectivity index (χ4v) is 4.32. The minimum atomic E-state index is -0.0720. The third-order valence-corrected chi connectivity index (χ3v) is 6.30. The summed E-state index contributed by atoms with van der Waals surface area (Å²) in [4.78, 5) is 14.6. The van der Waals surface area contributed by atoms with Gasteiger partial charge in [-0.2, -0.15) is 0 Å². The van der Waals surface area contributed by atoms with Crippen LogP contribution in [0.25, 0.3) is 0 Å². The van der Waals surface area contributed by atoms with Crippen LogP contribution in [0.1, 0.15) is 75.0 Å². The molecule has 0 N–H and O–H groups in total. The molecule has 0 saturated heterocycles. The van der Waals surface area contributed by atoms with Crippen LogP contribution in [0.3, 0.4) is 0 Å². The van der Waals surface area contributed by atoms with Crippen LogP contribution in [0.2, 0.25) is 0 Å². The molecule has 0 aromatic heterocycles. The molecule has 0 aliphatic rings. The van der Waals surface area contributed by atoms with Gasteiger partial charge in [-0.25, -0.2) is 0 Å². The predicted molar refractivity (Wildman–Crippen MR) is 142 cm³/mol. The third kappa shape index (κ3) is 11.2. The second-order valence-corrected chi connectivity index (χ2v) is 9.55. The second kappa shape index (κ2) is 16.3. The summed E-state index contributed by atoms with van der Waals surface area (Å²) in [6, 6.07) is 17.0. The number of likely N-dealkylation sites (N-methyl/N-ethyl adjacent to an activating group) is 1. The van der Waals surface area contributed by atoms with E-state index in [4.69, 9.17) is 9.47 Å². The van der Waals surface area contributed by atoms with Gasteiger partial charge >= 0.3 is 5.97 Å². The van der Waals surface area contributed by atoms with E-state index in [0.717, 1.165) is 50.8 Å². The Labute approximate surface area is 207 Å². The van der Waals surface area contributed by atoms with E-state index in [9.17, 15) is 4.79 Å². The molecule has 0 heterocycles. The zero-order valence-electron chi connectivity index (χ0n) is 21.9. The number of unbranched alkanes of at least 4 members (excludes halogenated alkanes) is 5. The van der Waals surface area contributed by atoms with Crippen molar-refractivity contribution in [2.45, 2.75) is 83.7 Å². The van der Waals surface area contributed by atoms with Crippen LogP contribution < -0.4 is 4.74 Å². The first-order chi connectivity index (χ1) is 16.5. The smallest absolute Gasteiger partial charge is 0.306 e. The van der Waals surface area contributed by atoms with Gasteiger partial charge in [0, 0.05) is 13.0 Å². The molecule has 0 bridgehead atoms. The first-order valence-electron chi connectivity index (χ1n) is 13.1. The van der Waals surface area contributed by atoms with Gasteiger partial charge in [-0.05, 0) is 75.0 Å². The van der Waals surface area contributed by atoms with E-state index in [-0.39, 0.29) is 12.1 Å². The number of esters is 1. The van der Waals surface area contributed by atoms with Crippen LogP contribution in [0.15, 0.2) is 48.5 Å². The fraction of sp³-hybridized carbons (Fsp3) is 0.567. The van der Waals surface area contributed by atoms with E-state index in [2.05, 4.69) is 48.2 Å². The lowest BCUT2D eigenvalue weighted by atomic mass is 9.96. The molecule has 2 rings (SSSR count). The molecule has 2 aromatic rings. The summed E-state index contributed by atoms with van der Waals surface area (Å²) in [5, 5.41) is 0. The summed E-state index contributed by atoms with van der Waals surface area (Å²) in [5.74, 6) is 0.845. The SMILES string of the molecule is CCCCCCCCC(=O)O[C@H](CCc1ccccc1CCc1ccc(OC)cc1)CN(C)C. The van der Waals surface area contributed by atoms with Crippen molar-refractivity contribution in [1.82, 2.24) is 4.90 Å². The molecule has 0 saturated carbocycles. The van der Waals surface area contributed by atoms with Gasteiger partial charge in [0.15, 0.2) is 0 Å². The van der Waals surface area contributed by atoms with Crippen molar-refractivity contribution < 1.29 is 14.3 Å². The Kier molecular flexibility index (Phi) is 13.4. The standard InChI is InChI=1S/C30H45NO3/c1-5-6-7-8-9-10-15-30(32)34-29(24-31(2)3)23-20-27-14-12-11-13-26(27)19-16-25-17-21-28(33-4)22-18-25/h11-14,17-18,21-22,29H,5-10,15-16,19-20,23-24H2,1-4H3/t29-/m1/s1. The van der Waals surface area contributed by atoms with E-state index in [1.54, 1.807) is 7.11 Å². The van der Waals surface area contributed by atoms with Crippen LogP contribution in [-0.4, -0.2) is 44.7 Å². The zero-order valence-corrected chi connectivity index (χ0v) is 21.9. The number of carbonyl (C=O) groups excluding carboxylic acids is 1. The minimum absolute atomic E-state index is 0.0462. The molecule has 0 aliphatic heterocycles. The van der Waals surface area contributed by atoms with Crippen LogP contribution in [0, 0.1) is 0 Å². The second-order valence-electron chi connectivity index (χ2n) is 9.55. The number of nitrogens with zero attached hydrogens (tertiary/aromatic N) is 1. The molecule has 4 heteroatoms. The number of benzene rings is 2. The monoisotopic (exact) mass is 467 g/mol. The van der Waals surface area contributed by atoms with Crippen LogP contribution >= 0.6 is 0 Å². The topological polar surface area (TPSA) is 38.8 Å². The molecule has 0 radical (unpaired) electrons. The average molecular weight is 468 g/mol. The summed E-state index contributed by atoms with van der Waals surface area (Å²) in [6.07, 6.45) is 11.3. The molecule has 1 atom stereocenters. The maximum absolute atomic E-state index is 12.5. The molecule has 2 aromatic carbocycles. The number of rotatable bonds is 17. The fourth-order valence-electron chi connectivity index (χ4n) is 4.32. The molecule has 0 aliphatic carbocycles. The quantitative estimate of drug-likeness (QED) is 0.193. The molecular formula is C30H45NO3. The van der Waals surface area contributed by atoms with E-state index < -0.39 is 0 Å². The van der Waals surface area contributed by atoms with Crippen molar-refractivity contribution in [1.29, 1.82) is 0 Å². The largest absolute Gasteiger partial charge is 0.497 e. The van der Waals surface area contributed by atoms with Crippen LogP contribution in [0.4, 0.5) is 0 Å². The van der Waals surface area contributed by atoms with Crippen molar-refractivity contribution >= 4 is 5.97 Å². The number of ether oxygens (including phenoxy) is 2. The highest BCUT2D eigenvalue weighted by atomic mass is 16.5. The maximum Gasteiger partial charge on any atom is 0.306 e. The summed E-state index contributed by atoms with van der Waals surface area (Å²) in [7, 11) is 5.77. The molecule has 4 nitrogen and oxygen atoms in total. The number of carbonyl (C=O) groups is 1. The lowest BCUT2D eigenvalue weighted by Gasteiger charge is -2.22. The average Bonchev–Trinajstić information content (AvgIpc) is 2.84. The molecule has 0 spiro atoms. The summed E-state index contributed by atoms with van der Waals surface area (Å²) < 4.78 is 11.2. The number of hydrogen-bond donors (Lipinski definition) is 0. The van der Waals surface area contributed by atoms with Gasteiger partial charge in [-0.3, -0.25) is 4.79 Å². The Hall–Kier alpha value is -2.33. The van der Waals surface area contributed by atoms with Crippen molar-refractivity contribution in [2.75, 3.05) is 27.7 Å². The van der Waals surface area contributed by atoms with E-state index >= 15 is 0 Å². The summed E-state index contributed by atoms with van der Waals surface area (Å²) in [5.41, 5.74) is 4.04. The molecule has 0 amide bonds. The van der Waals surface area contributed by atoms with Gasteiger partial charge in [-0.15, -0.1) is 0 Å². The zero-order chi connectivity index (χ0) is 24.6. The maximum atomic E-state index is 12.5. The number of methoxy groups -OCH3 is 1. The lowest BCUT2D eigenvalue weighted by molar-refractivity contribution is -0.150. The highest BCUT2D eigenvalue weighted by molar-refractivity contribution is 5.69. The summed E-state index contributed by atoms with van der Waals surface area (Å²) in [6.45, 7) is 2.98. The van der Waals surface area contributed by atoms with Crippen LogP contribution in [0.5, 0.6) is 5.75 Å². The summed E-state index contributed by atoms with van der Waals surface area (Å²) >= 11 is 0. The van der Waals surface area contributed by atoms with E-state index in [1.807, 2.05) is 26.2 Å².